The van der Waals surface area contributed by atoms with Gasteiger partial charge in [-0.15, -0.1) is 0 Å². The lowest BCUT2D eigenvalue weighted by molar-refractivity contribution is 0.317. The molecule has 2 aromatic carbocycles. The minimum atomic E-state index is -3.58. The van der Waals surface area contributed by atoms with E-state index in [9.17, 15) is 8.42 Å². The summed E-state index contributed by atoms with van der Waals surface area (Å²) in [7, 11) is -0.439. The molecule has 7 nitrogen and oxygen atoms in total. The summed E-state index contributed by atoms with van der Waals surface area (Å²) in [5.41, 5.74) is 2.17. The molecule has 8 heteroatoms. The fourth-order valence-corrected chi connectivity index (χ4v) is 4.11. The van der Waals surface area contributed by atoms with Gasteiger partial charge in [-0.05, 0) is 25.1 Å². The van der Waals surface area contributed by atoms with E-state index in [-0.39, 0.29) is 0 Å². The summed E-state index contributed by atoms with van der Waals surface area (Å²) in [6.45, 7) is 2.38. The maximum Gasteiger partial charge on any atom is 0.247 e. The van der Waals surface area contributed by atoms with Crippen LogP contribution in [0.25, 0.3) is 0 Å². The Morgan fingerprint density at radius 3 is 2.32 bits per heavy atom. The Hall–Kier alpha value is -2.74. The summed E-state index contributed by atoms with van der Waals surface area (Å²) in [5, 5.41) is 4.43. The molecule has 0 saturated carbocycles. The molecule has 0 aliphatic carbocycles. The highest BCUT2D eigenvalue weighted by Gasteiger charge is 2.36. The Morgan fingerprint density at radius 2 is 1.75 bits per heavy atom. The standard InChI is InChI=1S/C20H24N2O5S/c1-5-27-20-9-7-6-8-17(20)19-13-18(21-22(19)28(4,23)24)14-10-15(25-2)12-16(11-14)26-3/h6-12,19H,5,13H2,1-4H3/t19-/m1/s1. The molecule has 1 atom stereocenters. The van der Waals surface area contributed by atoms with Crippen LogP contribution in [0.4, 0.5) is 0 Å². The van der Waals surface area contributed by atoms with Crippen molar-refractivity contribution in [3.05, 3.63) is 53.6 Å². The fraction of sp³-hybridized carbons (Fsp3) is 0.350. The molecule has 28 heavy (non-hydrogen) atoms. The van der Waals surface area contributed by atoms with Crippen molar-refractivity contribution in [1.29, 1.82) is 0 Å². The van der Waals surface area contributed by atoms with Gasteiger partial charge in [0, 0.05) is 23.6 Å². The molecule has 1 aliphatic rings. The molecule has 0 spiro atoms. The monoisotopic (exact) mass is 404 g/mol. The van der Waals surface area contributed by atoms with Crippen LogP contribution in [-0.2, 0) is 10.0 Å². The van der Waals surface area contributed by atoms with Crippen LogP contribution in [0.15, 0.2) is 47.6 Å². The number of hydrazone groups is 1. The molecule has 0 fully saturated rings. The molecule has 1 heterocycles. The third-order valence-electron chi connectivity index (χ3n) is 4.47. The van der Waals surface area contributed by atoms with Gasteiger partial charge in [-0.1, -0.05) is 18.2 Å². The Kier molecular flexibility index (Phi) is 5.79. The van der Waals surface area contributed by atoms with Crippen LogP contribution in [0.2, 0.25) is 0 Å². The maximum absolute atomic E-state index is 12.4. The lowest BCUT2D eigenvalue weighted by atomic mass is 9.98. The van der Waals surface area contributed by atoms with Crippen LogP contribution < -0.4 is 14.2 Å². The SMILES string of the molecule is CCOc1ccccc1[C@H]1CC(c2cc(OC)cc(OC)c2)=NN1S(C)(=O)=O. The summed E-state index contributed by atoms with van der Waals surface area (Å²) < 4.78 is 42.4. The van der Waals surface area contributed by atoms with Crippen molar-refractivity contribution in [3.8, 4) is 17.2 Å². The topological polar surface area (TPSA) is 77.4 Å². The van der Waals surface area contributed by atoms with Crippen molar-refractivity contribution in [2.45, 2.75) is 19.4 Å². The van der Waals surface area contributed by atoms with Crippen molar-refractivity contribution in [2.75, 3.05) is 27.1 Å². The summed E-state index contributed by atoms with van der Waals surface area (Å²) in [5.74, 6) is 1.88. The second-order valence-electron chi connectivity index (χ2n) is 6.37. The Morgan fingerprint density at radius 1 is 1.11 bits per heavy atom. The van der Waals surface area contributed by atoms with E-state index in [0.29, 0.717) is 36.0 Å². The van der Waals surface area contributed by atoms with Gasteiger partial charge >= 0.3 is 0 Å². The molecule has 0 radical (unpaired) electrons. The zero-order valence-corrected chi connectivity index (χ0v) is 17.2. The minimum absolute atomic E-state index is 0.410. The highest BCUT2D eigenvalue weighted by atomic mass is 32.2. The predicted octanol–water partition coefficient (Wildman–Crippen LogP) is 3.21. The molecular formula is C20H24N2O5S. The number of sulfonamides is 1. The van der Waals surface area contributed by atoms with E-state index in [2.05, 4.69) is 5.10 Å². The van der Waals surface area contributed by atoms with Crippen molar-refractivity contribution in [3.63, 3.8) is 0 Å². The second-order valence-corrected chi connectivity index (χ2v) is 8.21. The van der Waals surface area contributed by atoms with Crippen molar-refractivity contribution in [2.24, 2.45) is 5.10 Å². The van der Waals surface area contributed by atoms with Gasteiger partial charge in [0.1, 0.15) is 17.2 Å². The minimum Gasteiger partial charge on any atom is -0.497 e. The Balaban J connectivity index is 2.06. The third-order valence-corrected chi connectivity index (χ3v) is 5.49. The van der Waals surface area contributed by atoms with E-state index >= 15 is 0 Å². The average Bonchev–Trinajstić information content (AvgIpc) is 3.14. The predicted molar refractivity (Wildman–Crippen MR) is 108 cm³/mol. The lowest BCUT2D eigenvalue weighted by Crippen LogP contribution is -2.26. The van der Waals surface area contributed by atoms with Gasteiger partial charge in [-0.2, -0.15) is 9.52 Å². The molecule has 0 aromatic heterocycles. The number of hydrogen-bond acceptors (Lipinski definition) is 6. The van der Waals surface area contributed by atoms with Gasteiger partial charge in [0.05, 0.1) is 38.8 Å². The van der Waals surface area contributed by atoms with Crippen LogP contribution in [0.3, 0.4) is 0 Å². The Bertz CT molecular complexity index is 966. The molecule has 3 rings (SSSR count). The van der Waals surface area contributed by atoms with E-state index in [4.69, 9.17) is 14.2 Å². The number of benzene rings is 2. The largest absolute Gasteiger partial charge is 0.497 e. The molecule has 0 amide bonds. The van der Waals surface area contributed by atoms with E-state index in [1.165, 1.54) is 0 Å². The molecule has 0 saturated heterocycles. The molecule has 0 N–H and O–H groups in total. The van der Waals surface area contributed by atoms with Crippen LogP contribution in [0.5, 0.6) is 17.2 Å². The zero-order valence-electron chi connectivity index (χ0n) is 16.4. The first kappa shape index (κ1) is 20.0. The van der Waals surface area contributed by atoms with Gasteiger partial charge in [0.2, 0.25) is 10.0 Å². The summed E-state index contributed by atoms with van der Waals surface area (Å²) in [6, 6.07) is 12.4. The van der Waals surface area contributed by atoms with E-state index in [1.54, 1.807) is 20.3 Å². The number of nitrogens with zero attached hydrogens (tertiary/aromatic N) is 2. The van der Waals surface area contributed by atoms with Gasteiger partial charge in [0.15, 0.2) is 0 Å². The second kappa shape index (κ2) is 8.10. The lowest BCUT2D eigenvalue weighted by Gasteiger charge is -2.23. The first-order valence-electron chi connectivity index (χ1n) is 8.89. The summed E-state index contributed by atoms with van der Waals surface area (Å²) >= 11 is 0. The van der Waals surface area contributed by atoms with Crippen molar-refractivity contribution in [1.82, 2.24) is 4.41 Å². The first-order valence-corrected chi connectivity index (χ1v) is 10.7. The number of ether oxygens (including phenoxy) is 3. The van der Waals surface area contributed by atoms with Crippen LogP contribution in [0, 0.1) is 0 Å². The van der Waals surface area contributed by atoms with Crippen molar-refractivity contribution >= 4 is 15.7 Å². The van der Waals surface area contributed by atoms with Gasteiger partial charge in [0.25, 0.3) is 0 Å². The molecule has 2 aromatic rings. The maximum atomic E-state index is 12.4. The van der Waals surface area contributed by atoms with Crippen LogP contribution >= 0.6 is 0 Å². The smallest absolute Gasteiger partial charge is 0.247 e. The number of methoxy groups -OCH3 is 2. The van der Waals surface area contributed by atoms with Gasteiger partial charge < -0.3 is 14.2 Å². The highest BCUT2D eigenvalue weighted by Crippen LogP contribution is 2.39. The quantitative estimate of drug-likeness (QED) is 0.708. The molecule has 0 bridgehead atoms. The van der Waals surface area contributed by atoms with E-state index in [1.807, 2.05) is 43.3 Å². The fourth-order valence-electron chi connectivity index (χ4n) is 3.22. The van der Waals surface area contributed by atoms with Crippen molar-refractivity contribution < 1.29 is 22.6 Å². The van der Waals surface area contributed by atoms with Crippen LogP contribution in [0.1, 0.15) is 30.5 Å². The van der Waals surface area contributed by atoms with E-state index < -0.39 is 16.1 Å². The van der Waals surface area contributed by atoms with Crippen LogP contribution in [-0.4, -0.2) is 45.6 Å². The first-order chi connectivity index (χ1) is 13.4. The van der Waals surface area contributed by atoms with Gasteiger partial charge in [-0.25, -0.2) is 8.42 Å². The summed E-state index contributed by atoms with van der Waals surface area (Å²) in [4.78, 5) is 0. The molecular weight excluding hydrogens is 380 g/mol. The molecule has 1 aliphatic heterocycles. The average molecular weight is 404 g/mol. The van der Waals surface area contributed by atoms with Gasteiger partial charge in [-0.3, -0.25) is 0 Å². The highest BCUT2D eigenvalue weighted by molar-refractivity contribution is 7.88. The van der Waals surface area contributed by atoms with E-state index in [0.717, 1.165) is 21.8 Å². The summed E-state index contributed by atoms with van der Waals surface area (Å²) in [6.07, 6.45) is 1.56. The normalized spacial score (nSPS) is 16.6. The number of para-hydroxylation sites is 1. The Labute approximate surface area is 165 Å². The number of hydrogen-bond donors (Lipinski definition) is 0. The molecule has 0 unspecified atom stereocenters. The molecule has 150 valence electrons. The zero-order chi connectivity index (χ0) is 20.3. The third kappa shape index (κ3) is 4.06. The number of rotatable bonds is 7.